The van der Waals surface area contributed by atoms with Gasteiger partial charge in [-0.25, -0.2) is 14.4 Å². The quantitative estimate of drug-likeness (QED) is 0.274. The molecule has 0 radical (unpaired) electrons. The summed E-state index contributed by atoms with van der Waals surface area (Å²) in [6.07, 6.45) is 2.67. The van der Waals surface area contributed by atoms with Crippen molar-refractivity contribution in [3.05, 3.63) is 47.0 Å². The number of ether oxygens (including phenoxy) is 3. The van der Waals surface area contributed by atoms with Crippen LogP contribution in [0.5, 0.6) is 0 Å². The van der Waals surface area contributed by atoms with Crippen molar-refractivity contribution in [2.75, 3.05) is 19.8 Å². The van der Waals surface area contributed by atoms with Crippen molar-refractivity contribution in [1.29, 1.82) is 0 Å². The maximum Gasteiger partial charge on any atom is 0.338 e. The highest BCUT2D eigenvalue weighted by molar-refractivity contribution is 5.94. The summed E-state index contributed by atoms with van der Waals surface area (Å²) < 4.78 is 15.2. The van der Waals surface area contributed by atoms with Crippen LogP contribution in [0.2, 0.25) is 0 Å². The first-order chi connectivity index (χ1) is 12.9. The van der Waals surface area contributed by atoms with Gasteiger partial charge in [0.25, 0.3) is 0 Å². The van der Waals surface area contributed by atoms with Crippen LogP contribution in [-0.2, 0) is 25.4 Å². The molecule has 7 heteroatoms. The van der Waals surface area contributed by atoms with E-state index in [4.69, 9.17) is 14.2 Å². The molecule has 146 valence electrons. The molecule has 1 aromatic carbocycles. The third kappa shape index (κ3) is 6.86. The molecule has 0 aliphatic carbocycles. The third-order valence-corrected chi connectivity index (χ3v) is 4.05. The lowest BCUT2D eigenvalue weighted by atomic mass is 9.98. The van der Waals surface area contributed by atoms with Crippen LogP contribution in [0.15, 0.2) is 30.4 Å². The molecule has 0 amide bonds. The number of hydrogen-bond acceptors (Lipinski definition) is 6. The average Bonchev–Trinajstić information content (AvgIpc) is 3.46. The Morgan fingerprint density at radius 2 is 1.96 bits per heavy atom. The number of rotatable bonds is 11. The lowest BCUT2D eigenvalue weighted by molar-refractivity contribution is -0.139. The highest BCUT2D eigenvalue weighted by Crippen LogP contribution is 2.18. The monoisotopic (exact) mass is 376 g/mol. The summed E-state index contributed by atoms with van der Waals surface area (Å²) in [6, 6.07) is 4.39. The maximum absolute atomic E-state index is 12.3. The predicted molar refractivity (Wildman–Crippen MR) is 96.8 cm³/mol. The van der Waals surface area contributed by atoms with Gasteiger partial charge in [-0.2, -0.15) is 0 Å². The number of carbonyl (C=O) groups excluding carboxylic acids is 2. The van der Waals surface area contributed by atoms with Gasteiger partial charge < -0.3 is 19.3 Å². The fourth-order valence-corrected chi connectivity index (χ4v) is 2.43. The zero-order valence-electron chi connectivity index (χ0n) is 15.4. The van der Waals surface area contributed by atoms with E-state index in [2.05, 4.69) is 6.58 Å². The largest absolute Gasteiger partial charge is 0.478 e. The Hall–Kier alpha value is -2.67. The van der Waals surface area contributed by atoms with E-state index in [1.807, 2.05) is 0 Å². The number of esters is 2. The summed E-state index contributed by atoms with van der Waals surface area (Å²) in [5.41, 5.74) is 1.49. The Morgan fingerprint density at radius 1 is 1.22 bits per heavy atom. The summed E-state index contributed by atoms with van der Waals surface area (Å²) in [7, 11) is 0. The summed E-state index contributed by atoms with van der Waals surface area (Å²) in [4.78, 5) is 34.8. The molecular formula is C20H24O7. The van der Waals surface area contributed by atoms with E-state index in [0.29, 0.717) is 42.8 Å². The molecule has 1 unspecified atom stereocenters. The smallest absolute Gasteiger partial charge is 0.338 e. The van der Waals surface area contributed by atoms with Crippen LogP contribution in [0.3, 0.4) is 0 Å². The Morgan fingerprint density at radius 3 is 2.59 bits per heavy atom. The number of aromatic carboxylic acids is 1. The molecule has 1 atom stereocenters. The Labute approximate surface area is 157 Å². The summed E-state index contributed by atoms with van der Waals surface area (Å²) >= 11 is 0. The molecule has 0 spiro atoms. The van der Waals surface area contributed by atoms with Gasteiger partial charge in [0.05, 0.1) is 24.3 Å². The van der Waals surface area contributed by atoms with Crippen molar-refractivity contribution >= 4 is 17.9 Å². The molecule has 1 N–H and O–H groups in total. The van der Waals surface area contributed by atoms with Crippen molar-refractivity contribution < 1.29 is 33.7 Å². The van der Waals surface area contributed by atoms with E-state index in [1.54, 1.807) is 6.92 Å². The molecule has 7 nitrogen and oxygen atoms in total. The van der Waals surface area contributed by atoms with Gasteiger partial charge in [0.15, 0.2) is 0 Å². The van der Waals surface area contributed by atoms with Crippen LogP contribution in [0, 0.1) is 0 Å². The number of carboxylic acid groups (broad SMARTS) is 1. The predicted octanol–water partition coefficient (Wildman–Crippen LogP) is 2.77. The fraction of sp³-hybridized carbons (Fsp3) is 0.450. The molecule has 27 heavy (non-hydrogen) atoms. The van der Waals surface area contributed by atoms with Crippen LogP contribution in [0.25, 0.3) is 0 Å². The van der Waals surface area contributed by atoms with Gasteiger partial charge in [0, 0.05) is 5.57 Å². The summed E-state index contributed by atoms with van der Waals surface area (Å²) in [5.74, 6) is -1.93. The van der Waals surface area contributed by atoms with Crippen molar-refractivity contribution in [2.45, 2.75) is 38.7 Å². The number of aryl methyl sites for hydroxylation is 1. The topological polar surface area (TPSA) is 102 Å². The van der Waals surface area contributed by atoms with E-state index in [-0.39, 0.29) is 18.3 Å². The van der Waals surface area contributed by atoms with E-state index >= 15 is 0 Å². The molecule has 2 rings (SSSR count). The molecule has 0 bridgehead atoms. The normalized spacial score (nSPS) is 15.1. The van der Waals surface area contributed by atoms with E-state index in [1.165, 1.54) is 18.2 Å². The third-order valence-electron chi connectivity index (χ3n) is 4.05. The second kappa shape index (κ2) is 9.87. The lowest BCUT2D eigenvalue weighted by Gasteiger charge is -2.11. The Balaban J connectivity index is 1.88. The number of carbonyl (C=O) groups is 3. The van der Waals surface area contributed by atoms with E-state index in [0.717, 1.165) is 12.8 Å². The Kier molecular flexibility index (Phi) is 7.55. The van der Waals surface area contributed by atoms with Gasteiger partial charge in [-0.1, -0.05) is 6.58 Å². The lowest BCUT2D eigenvalue weighted by Crippen LogP contribution is -2.13. The number of epoxide rings is 1. The maximum atomic E-state index is 12.3. The Bertz CT molecular complexity index is 719. The van der Waals surface area contributed by atoms with Crippen LogP contribution in [-0.4, -0.2) is 48.9 Å². The van der Waals surface area contributed by atoms with Gasteiger partial charge in [-0.3, -0.25) is 0 Å². The van der Waals surface area contributed by atoms with Crippen molar-refractivity contribution in [1.82, 2.24) is 0 Å². The SMILES string of the molecule is C=C(C)C(=O)OCCCCCc1cc(C(=O)O)ccc1C(=O)OCC1CO1. The van der Waals surface area contributed by atoms with Gasteiger partial charge in [0.1, 0.15) is 12.7 Å². The van der Waals surface area contributed by atoms with Crippen molar-refractivity contribution in [2.24, 2.45) is 0 Å². The molecule has 1 aromatic rings. The first-order valence-corrected chi connectivity index (χ1v) is 8.86. The average molecular weight is 376 g/mol. The highest BCUT2D eigenvalue weighted by atomic mass is 16.6. The number of carboxylic acids is 1. The molecule has 1 aliphatic heterocycles. The molecule has 1 heterocycles. The summed E-state index contributed by atoms with van der Waals surface area (Å²) in [6.45, 7) is 6.20. The molecule has 1 saturated heterocycles. The van der Waals surface area contributed by atoms with Crippen LogP contribution in [0.1, 0.15) is 52.5 Å². The van der Waals surface area contributed by atoms with Gasteiger partial charge in [0.2, 0.25) is 0 Å². The minimum Gasteiger partial charge on any atom is -0.478 e. The first-order valence-electron chi connectivity index (χ1n) is 8.86. The van der Waals surface area contributed by atoms with Gasteiger partial charge in [-0.05, 0) is 56.4 Å². The standard InChI is InChI=1S/C20H24O7/c1-13(2)19(23)25-9-5-3-4-6-14-10-15(18(21)22)7-8-17(14)20(24)27-12-16-11-26-16/h7-8,10,16H,1,3-6,9,11-12H2,2H3,(H,21,22). The van der Waals surface area contributed by atoms with Crippen molar-refractivity contribution in [3.8, 4) is 0 Å². The second-order valence-electron chi connectivity index (χ2n) is 6.46. The van der Waals surface area contributed by atoms with Crippen LogP contribution < -0.4 is 0 Å². The molecule has 0 saturated carbocycles. The van der Waals surface area contributed by atoms with E-state index in [9.17, 15) is 19.5 Å². The highest BCUT2D eigenvalue weighted by Gasteiger charge is 2.25. The number of benzene rings is 1. The summed E-state index contributed by atoms with van der Waals surface area (Å²) in [5, 5.41) is 9.17. The zero-order chi connectivity index (χ0) is 19.8. The second-order valence-corrected chi connectivity index (χ2v) is 6.46. The number of hydrogen-bond donors (Lipinski definition) is 1. The zero-order valence-corrected chi connectivity index (χ0v) is 15.4. The molecular weight excluding hydrogens is 352 g/mol. The van der Waals surface area contributed by atoms with Gasteiger partial charge in [-0.15, -0.1) is 0 Å². The van der Waals surface area contributed by atoms with Crippen LogP contribution in [0.4, 0.5) is 0 Å². The molecule has 0 aromatic heterocycles. The number of unbranched alkanes of at least 4 members (excludes halogenated alkanes) is 2. The molecule has 1 fully saturated rings. The fourth-order valence-electron chi connectivity index (χ4n) is 2.43. The van der Waals surface area contributed by atoms with E-state index < -0.39 is 17.9 Å². The minimum absolute atomic E-state index is 0.0300. The van der Waals surface area contributed by atoms with Crippen molar-refractivity contribution in [3.63, 3.8) is 0 Å². The van der Waals surface area contributed by atoms with Crippen LogP contribution >= 0.6 is 0 Å². The first kappa shape index (κ1) is 20.6. The minimum atomic E-state index is -1.05. The van der Waals surface area contributed by atoms with Gasteiger partial charge >= 0.3 is 17.9 Å². The molecule has 1 aliphatic rings.